The number of nitrogens with one attached hydrogen (secondary N) is 3. The van der Waals surface area contributed by atoms with Crippen LogP contribution >= 0.6 is 0 Å². The van der Waals surface area contributed by atoms with Crippen LogP contribution in [0.25, 0.3) is 11.3 Å². The number of amides is 2. The number of ether oxygens (including phenoxy) is 1. The molecule has 4 aliphatic rings. The number of rotatable bonds is 9. The Hall–Kier alpha value is -5.50. The van der Waals surface area contributed by atoms with Crippen LogP contribution in [0.2, 0.25) is 0 Å². The Bertz CT molecular complexity index is 1970. The van der Waals surface area contributed by atoms with Crippen molar-refractivity contribution < 1.29 is 23.8 Å². The zero-order valence-corrected chi connectivity index (χ0v) is 29.0. The third kappa shape index (κ3) is 6.65. The van der Waals surface area contributed by atoms with E-state index in [0.29, 0.717) is 54.6 Å². The zero-order valence-electron chi connectivity index (χ0n) is 29.0. The fourth-order valence-electron chi connectivity index (χ4n) is 7.88. The molecule has 8 rings (SSSR count). The molecule has 0 bridgehead atoms. The van der Waals surface area contributed by atoms with Crippen LogP contribution in [0.1, 0.15) is 38.2 Å². The fourth-order valence-corrected chi connectivity index (χ4v) is 7.88. The third-order valence-electron chi connectivity index (χ3n) is 10.8. The van der Waals surface area contributed by atoms with E-state index in [-0.39, 0.29) is 41.4 Å². The number of phenols is 1. The lowest BCUT2D eigenvalue weighted by Gasteiger charge is -2.43. The molecule has 2 amide bonds. The van der Waals surface area contributed by atoms with Crippen LogP contribution < -0.4 is 30.5 Å². The van der Waals surface area contributed by atoms with E-state index in [1.165, 1.54) is 6.07 Å². The number of aromatic hydroxyl groups is 1. The van der Waals surface area contributed by atoms with Gasteiger partial charge < -0.3 is 30.3 Å². The SMILES string of the molecule is CC[C@]12CNc3nnc(-c4ccccc4O)cc3N1C[C@H](Oc1ccc(CN3CCN(c4ccc(NC5CCC(=O)NC5=O)cc4F)CC3)cn1)C2. The van der Waals surface area contributed by atoms with E-state index in [0.717, 1.165) is 56.1 Å². The highest BCUT2D eigenvalue weighted by Crippen LogP contribution is 2.45. The van der Waals surface area contributed by atoms with Crippen LogP contribution in [0.5, 0.6) is 11.6 Å². The lowest BCUT2D eigenvalue weighted by Crippen LogP contribution is -2.52. The van der Waals surface area contributed by atoms with Gasteiger partial charge in [-0.05, 0) is 54.8 Å². The van der Waals surface area contributed by atoms with Gasteiger partial charge in [-0.25, -0.2) is 9.37 Å². The van der Waals surface area contributed by atoms with E-state index in [4.69, 9.17) is 4.74 Å². The minimum absolute atomic E-state index is 0.0662. The van der Waals surface area contributed by atoms with Gasteiger partial charge in [0.2, 0.25) is 17.7 Å². The summed E-state index contributed by atoms with van der Waals surface area (Å²) < 4.78 is 21.6. The maximum absolute atomic E-state index is 15.2. The molecule has 0 radical (unpaired) electrons. The van der Waals surface area contributed by atoms with Gasteiger partial charge in [0.05, 0.1) is 29.2 Å². The third-order valence-corrected chi connectivity index (χ3v) is 10.8. The van der Waals surface area contributed by atoms with Crippen molar-refractivity contribution in [2.45, 2.75) is 56.8 Å². The van der Waals surface area contributed by atoms with Crippen LogP contribution in [0.3, 0.4) is 0 Å². The second-order valence-electron chi connectivity index (χ2n) is 14.0. The molecule has 3 fully saturated rings. The van der Waals surface area contributed by atoms with Crippen molar-refractivity contribution in [3.05, 3.63) is 78.2 Å². The van der Waals surface area contributed by atoms with Crippen molar-refractivity contribution in [3.63, 3.8) is 0 Å². The molecule has 2 aromatic carbocycles. The number of benzene rings is 2. The van der Waals surface area contributed by atoms with Crippen molar-refractivity contribution >= 4 is 34.7 Å². The highest BCUT2D eigenvalue weighted by atomic mass is 19.1. The average molecular weight is 708 g/mol. The topological polar surface area (TPSA) is 148 Å². The summed E-state index contributed by atoms with van der Waals surface area (Å²) in [5.74, 6) is 0.476. The van der Waals surface area contributed by atoms with Gasteiger partial charge in [-0.2, -0.15) is 0 Å². The number of imide groups is 1. The van der Waals surface area contributed by atoms with Crippen LogP contribution in [-0.2, 0) is 16.1 Å². The molecule has 2 aromatic heterocycles. The molecule has 13 nitrogen and oxygen atoms in total. The second kappa shape index (κ2) is 13.9. The number of pyridine rings is 1. The maximum Gasteiger partial charge on any atom is 0.249 e. The van der Waals surface area contributed by atoms with Gasteiger partial charge in [-0.15, -0.1) is 10.2 Å². The fraction of sp³-hybridized carbons (Fsp3) is 0.395. The van der Waals surface area contributed by atoms with Gasteiger partial charge in [-0.1, -0.05) is 25.1 Å². The number of halogens is 1. The predicted molar refractivity (Wildman–Crippen MR) is 195 cm³/mol. The number of hydrogen-bond acceptors (Lipinski definition) is 12. The average Bonchev–Trinajstić information content (AvgIpc) is 3.53. The number of anilines is 4. The summed E-state index contributed by atoms with van der Waals surface area (Å²) in [4.78, 5) is 34.9. The summed E-state index contributed by atoms with van der Waals surface area (Å²) in [7, 11) is 0. The number of hydrogen-bond donors (Lipinski definition) is 4. The van der Waals surface area contributed by atoms with Crippen LogP contribution in [0, 0.1) is 5.82 Å². The van der Waals surface area contributed by atoms with Gasteiger partial charge in [0.15, 0.2) is 5.82 Å². The summed E-state index contributed by atoms with van der Waals surface area (Å²) in [6.45, 7) is 7.26. The lowest BCUT2D eigenvalue weighted by molar-refractivity contribution is -0.133. The first-order valence-electron chi connectivity index (χ1n) is 17.9. The molecule has 1 unspecified atom stereocenters. The molecular weight excluding hydrogens is 665 g/mol. The number of carbonyl (C=O) groups excluding carboxylic acids is 2. The minimum atomic E-state index is -0.557. The molecule has 4 N–H and O–H groups in total. The number of phenolic OH excluding ortho intramolecular Hbond substituents is 1. The Morgan fingerprint density at radius 1 is 1.04 bits per heavy atom. The standard InChI is InChI=1S/C38H42FN9O4/c1-2-38-19-26(22-48(38)32-18-30(44-45-36(32)41-23-38)27-5-3-4-6-33(27)49)52-35-12-7-24(20-40-35)21-46-13-15-47(16-14-46)31-10-8-25(17-28(31)39)42-29-9-11-34(50)43-37(29)51/h3-8,10,12,17-18,20,26,29,42,49H,2,9,11,13-16,19,21-23H2,1H3,(H,41,45)(H,43,50,51)/t26-,29?,38+/m1/s1. The van der Waals surface area contributed by atoms with Gasteiger partial charge in [0.25, 0.3) is 0 Å². The number of piperidine rings is 1. The Morgan fingerprint density at radius 3 is 2.63 bits per heavy atom. The van der Waals surface area contributed by atoms with E-state index < -0.39 is 6.04 Å². The highest BCUT2D eigenvalue weighted by Gasteiger charge is 2.49. The first-order chi connectivity index (χ1) is 25.3. The largest absolute Gasteiger partial charge is 0.507 e. The number of nitrogens with zero attached hydrogens (tertiary/aromatic N) is 6. The van der Waals surface area contributed by atoms with E-state index in [9.17, 15) is 14.7 Å². The Labute approximate surface area is 301 Å². The maximum atomic E-state index is 15.2. The molecule has 0 aliphatic carbocycles. The van der Waals surface area contributed by atoms with E-state index in [1.54, 1.807) is 24.3 Å². The molecule has 270 valence electrons. The first-order valence-corrected chi connectivity index (χ1v) is 17.9. The molecule has 0 saturated carbocycles. The van der Waals surface area contributed by atoms with E-state index in [1.807, 2.05) is 35.4 Å². The predicted octanol–water partition coefficient (Wildman–Crippen LogP) is 4.15. The summed E-state index contributed by atoms with van der Waals surface area (Å²) in [5, 5.41) is 28.1. The normalized spacial score (nSPS) is 23.0. The highest BCUT2D eigenvalue weighted by molar-refractivity contribution is 6.01. The lowest BCUT2D eigenvalue weighted by atomic mass is 9.90. The van der Waals surface area contributed by atoms with Gasteiger partial charge in [-0.3, -0.25) is 19.8 Å². The van der Waals surface area contributed by atoms with E-state index >= 15 is 4.39 Å². The number of carbonyl (C=O) groups is 2. The van der Waals surface area contributed by atoms with E-state index in [2.05, 4.69) is 53.9 Å². The van der Waals surface area contributed by atoms with Crippen molar-refractivity contribution in [2.75, 3.05) is 59.7 Å². The molecule has 4 aromatic rings. The van der Waals surface area contributed by atoms with Crippen LogP contribution in [0.15, 0.2) is 66.9 Å². The molecule has 3 atom stereocenters. The molecule has 14 heteroatoms. The molecular formula is C38H42FN9O4. The number of piperazine rings is 1. The first kappa shape index (κ1) is 33.6. The summed E-state index contributed by atoms with van der Waals surface area (Å²) in [6.07, 6.45) is 4.21. The van der Waals surface area contributed by atoms with Gasteiger partial charge in [0, 0.05) is 75.6 Å². The van der Waals surface area contributed by atoms with Crippen molar-refractivity contribution in [1.82, 2.24) is 25.4 Å². The Morgan fingerprint density at radius 2 is 1.88 bits per heavy atom. The van der Waals surface area contributed by atoms with Crippen molar-refractivity contribution in [1.29, 1.82) is 0 Å². The molecule has 6 heterocycles. The van der Waals surface area contributed by atoms with Crippen molar-refractivity contribution in [2.24, 2.45) is 0 Å². The monoisotopic (exact) mass is 707 g/mol. The summed E-state index contributed by atoms with van der Waals surface area (Å²) in [5.41, 5.74) is 4.21. The molecule has 0 spiro atoms. The van der Waals surface area contributed by atoms with Gasteiger partial charge in [0.1, 0.15) is 23.7 Å². The molecule has 52 heavy (non-hydrogen) atoms. The number of para-hydroxylation sites is 1. The van der Waals surface area contributed by atoms with Crippen LogP contribution in [-0.4, -0.2) is 94.0 Å². The quantitative estimate of drug-likeness (QED) is 0.185. The zero-order chi connectivity index (χ0) is 35.8. The van der Waals surface area contributed by atoms with Crippen molar-refractivity contribution in [3.8, 4) is 22.9 Å². The Balaban J connectivity index is 0.853. The van der Waals surface area contributed by atoms with Gasteiger partial charge >= 0.3 is 0 Å². The summed E-state index contributed by atoms with van der Waals surface area (Å²) in [6, 6.07) is 17.5. The van der Waals surface area contributed by atoms with Crippen LogP contribution in [0.4, 0.5) is 27.3 Å². The number of aromatic nitrogens is 3. The summed E-state index contributed by atoms with van der Waals surface area (Å²) >= 11 is 0. The molecule has 3 saturated heterocycles. The smallest absolute Gasteiger partial charge is 0.249 e. The number of fused-ring (bicyclic) bond motifs is 3. The second-order valence-corrected chi connectivity index (χ2v) is 14.0. The minimum Gasteiger partial charge on any atom is -0.507 e. The Kier molecular flexibility index (Phi) is 8.99. The molecule has 4 aliphatic heterocycles.